The Morgan fingerprint density at radius 1 is 1.30 bits per heavy atom. The summed E-state index contributed by atoms with van der Waals surface area (Å²) in [5, 5.41) is 9.65. The summed E-state index contributed by atoms with van der Waals surface area (Å²) in [4.78, 5) is 1.71. The average molecular weight is 289 g/mol. The van der Waals surface area contributed by atoms with E-state index in [9.17, 15) is 22.7 Å². The van der Waals surface area contributed by atoms with Gasteiger partial charge in [0.2, 0.25) is 0 Å². The Hall–Kier alpha value is -1.56. The Kier molecular flexibility index (Phi) is 4.04. The van der Waals surface area contributed by atoms with Gasteiger partial charge < -0.3 is 10.0 Å². The predicted molar refractivity (Wildman–Crippen MR) is 68.0 cm³/mol. The van der Waals surface area contributed by atoms with Gasteiger partial charge in [0.1, 0.15) is 5.82 Å². The van der Waals surface area contributed by atoms with E-state index in [-0.39, 0.29) is 19.5 Å². The van der Waals surface area contributed by atoms with Gasteiger partial charge in [-0.1, -0.05) is 6.08 Å². The molecule has 1 aromatic carbocycles. The van der Waals surface area contributed by atoms with Crippen LogP contribution in [-0.2, 0) is 0 Å². The van der Waals surface area contributed by atoms with Crippen LogP contribution in [0.3, 0.4) is 0 Å². The molecule has 1 aromatic rings. The highest BCUT2D eigenvalue weighted by molar-refractivity contribution is 5.56. The van der Waals surface area contributed by atoms with E-state index in [4.69, 9.17) is 0 Å². The SMILES string of the molecule is C[C@H](O)c1cc(F)ccc1N1CC=C(C(F)(F)F)CC1. The summed E-state index contributed by atoms with van der Waals surface area (Å²) in [6.07, 6.45) is -4.14. The Bertz CT molecular complexity index is 522. The number of nitrogens with zero attached hydrogens (tertiary/aromatic N) is 1. The molecule has 1 heterocycles. The molecule has 2 rings (SSSR count). The van der Waals surface area contributed by atoms with Gasteiger partial charge in [-0.25, -0.2) is 4.39 Å². The molecule has 0 saturated carbocycles. The van der Waals surface area contributed by atoms with Crippen LogP contribution in [0.4, 0.5) is 23.2 Å². The van der Waals surface area contributed by atoms with E-state index in [2.05, 4.69) is 0 Å². The maximum atomic E-state index is 13.2. The summed E-state index contributed by atoms with van der Waals surface area (Å²) in [6, 6.07) is 3.94. The molecule has 0 unspecified atom stereocenters. The van der Waals surface area contributed by atoms with Gasteiger partial charge in [-0.15, -0.1) is 0 Å². The summed E-state index contributed by atoms with van der Waals surface area (Å²) >= 11 is 0. The maximum Gasteiger partial charge on any atom is 0.412 e. The van der Waals surface area contributed by atoms with Crippen molar-refractivity contribution in [3.05, 3.63) is 41.2 Å². The van der Waals surface area contributed by atoms with Gasteiger partial charge in [0.05, 0.1) is 6.10 Å². The van der Waals surface area contributed by atoms with Gasteiger partial charge in [0.25, 0.3) is 0 Å². The highest BCUT2D eigenvalue weighted by Crippen LogP contribution is 2.33. The molecule has 20 heavy (non-hydrogen) atoms. The first kappa shape index (κ1) is 14.8. The minimum Gasteiger partial charge on any atom is -0.389 e. The summed E-state index contributed by atoms with van der Waals surface area (Å²) in [7, 11) is 0. The monoisotopic (exact) mass is 289 g/mol. The van der Waals surface area contributed by atoms with E-state index in [1.807, 2.05) is 0 Å². The maximum absolute atomic E-state index is 13.2. The first-order valence-corrected chi connectivity index (χ1v) is 6.27. The van der Waals surface area contributed by atoms with Crippen molar-refractivity contribution in [3.63, 3.8) is 0 Å². The number of alkyl halides is 3. The molecule has 1 N–H and O–H groups in total. The molecule has 0 saturated heterocycles. The predicted octanol–water partition coefficient (Wildman–Crippen LogP) is 3.58. The fraction of sp³-hybridized carbons (Fsp3) is 0.429. The molecular formula is C14H15F4NO. The summed E-state index contributed by atoms with van der Waals surface area (Å²) in [5.41, 5.74) is 0.419. The molecule has 0 aliphatic carbocycles. The largest absolute Gasteiger partial charge is 0.412 e. The third-order valence-electron chi connectivity index (χ3n) is 3.35. The average Bonchev–Trinajstić information content (AvgIpc) is 2.37. The molecule has 0 spiro atoms. The molecule has 0 radical (unpaired) electrons. The second kappa shape index (κ2) is 5.44. The van der Waals surface area contributed by atoms with Gasteiger partial charge in [-0.05, 0) is 31.5 Å². The molecule has 0 fully saturated rings. The second-order valence-electron chi connectivity index (χ2n) is 4.80. The van der Waals surface area contributed by atoms with Crippen molar-refractivity contribution in [1.29, 1.82) is 0 Å². The zero-order chi connectivity index (χ0) is 14.9. The molecule has 2 nitrogen and oxygen atoms in total. The normalized spacial score (nSPS) is 17.9. The van der Waals surface area contributed by atoms with Crippen molar-refractivity contribution >= 4 is 5.69 Å². The minimum atomic E-state index is -4.29. The van der Waals surface area contributed by atoms with Gasteiger partial charge in [0, 0.05) is 29.9 Å². The summed E-state index contributed by atoms with van der Waals surface area (Å²) < 4.78 is 50.9. The van der Waals surface area contributed by atoms with Crippen molar-refractivity contribution in [1.82, 2.24) is 0 Å². The molecule has 0 aromatic heterocycles. The lowest BCUT2D eigenvalue weighted by molar-refractivity contribution is -0.0944. The van der Waals surface area contributed by atoms with Crippen molar-refractivity contribution < 1.29 is 22.7 Å². The fourth-order valence-electron chi connectivity index (χ4n) is 2.29. The second-order valence-corrected chi connectivity index (χ2v) is 4.80. The molecule has 6 heteroatoms. The minimum absolute atomic E-state index is 0.0974. The van der Waals surface area contributed by atoms with Gasteiger partial charge in [-0.2, -0.15) is 13.2 Å². The highest BCUT2D eigenvalue weighted by Gasteiger charge is 2.35. The molecule has 1 aliphatic rings. The lowest BCUT2D eigenvalue weighted by Crippen LogP contribution is -2.32. The third kappa shape index (κ3) is 3.12. The third-order valence-corrected chi connectivity index (χ3v) is 3.35. The van der Waals surface area contributed by atoms with Crippen LogP contribution >= 0.6 is 0 Å². The molecule has 110 valence electrons. The molecule has 0 amide bonds. The van der Waals surface area contributed by atoms with Crippen LogP contribution < -0.4 is 4.90 Å². The Labute approximate surface area is 114 Å². The number of anilines is 1. The van der Waals surface area contributed by atoms with Crippen LogP contribution in [0.5, 0.6) is 0 Å². The van der Waals surface area contributed by atoms with Crippen LogP contribution in [-0.4, -0.2) is 24.4 Å². The van der Waals surface area contributed by atoms with Crippen molar-refractivity contribution in [3.8, 4) is 0 Å². The van der Waals surface area contributed by atoms with E-state index >= 15 is 0 Å². The Morgan fingerprint density at radius 2 is 2.00 bits per heavy atom. The molecule has 1 aliphatic heterocycles. The quantitative estimate of drug-likeness (QED) is 0.664. The van der Waals surface area contributed by atoms with E-state index in [1.165, 1.54) is 25.1 Å². The summed E-state index contributed by atoms with van der Waals surface area (Å²) in [6.45, 7) is 1.79. The van der Waals surface area contributed by atoms with Crippen molar-refractivity contribution in [2.24, 2.45) is 0 Å². The van der Waals surface area contributed by atoms with E-state index < -0.39 is 23.7 Å². The Balaban J connectivity index is 2.25. The lowest BCUT2D eigenvalue weighted by Gasteiger charge is -2.31. The van der Waals surface area contributed by atoms with Crippen LogP contribution in [0.25, 0.3) is 0 Å². The van der Waals surface area contributed by atoms with Crippen LogP contribution in [0, 0.1) is 5.82 Å². The van der Waals surface area contributed by atoms with Crippen LogP contribution in [0.1, 0.15) is 25.0 Å². The topological polar surface area (TPSA) is 23.5 Å². The smallest absolute Gasteiger partial charge is 0.389 e. The van der Waals surface area contributed by atoms with E-state index in [0.29, 0.717) is 11.3 Å². The van der Waals surface area contributed by atoms with Gasteiger partial charge in [-0.3, -0.25) is 0 Å². The van der Waals surface area contributed by atoms with Crippen LogP contribution in [0.15, 0.2) is 29.8 Å². The standard InChI is InChI=1S/C14H15F4NO/c1-9(20)12-8-11(15)2-3-13(12)19-6-4-10(5-7-19)14(16,17)18/h2-4,8-9,20H,5-7H2,1H3/t9-/m0/s1. The molecule has 0 bridgehead atoms. The first-order chi connectivity index (χ1) is 9.29. The van der Waals surface area contributed by atoms with E-state index in [0.717, 1.165) is 6.08 Å². The number of aliphatic hydroxyl groups is 1. The number of halogens is 4. The number of hydrogen-bond acceptors (Lipinski definition) is 2. The van der Waals surface area contributed by atoms with Crippen LogP contribution in [0.2, 0.25) is 0 Å². The summed E-state index contributed by atoms with van der Waals surface area (Å²) in [5.74, 6) is -0.479. The van der Waals surface area contributed by atoms with Crippen molar-refractivity contribution in [2.75, 3.05) is 18.0 Å². The van der Waals surface area contributed by atoms with Gasteiger partial charge >= 0.3 is 6.18 Å². The zero-order valence-electron chi connectivity index (χ0n) is 10.9. The number of benzene rings is 1. The fourth-order valence-corrected chi connectivity index (χ4v) is 2.29. The number of aliphatic hydroxyl groups excluding tert-OH is 1. The first-order valence-electron chi connectivity index (χ1n) is 6.27. The lowest BCUT2D eigenvalue weighted by atomic mass is 10.0. The van der Waals surface area contributed by atoms with Crippen molar-refractivity contribution in [2.45, 2.75) is 25.6 Å². The highest BCUT2D eigenvalue weighted by atomic mass is 19.4. The number of rotatable bonds is 2. The number of hydrogen-bond donors (Lipinski definition) is 1. The van der Waals surface area contributed by atoms with E-state index in [1.54, 1.807) is 4.90 Å². The Morgan fingerprint density at radius 3 is 2.50 bits per heavy atom. The zero-order valence-corrected chi connectivity index (χ0v) is 10.9. The molecular weight excluding hydrogens is 274 g/mol. The molecule has 1 atom stereocenters. The van der Waals surface area contributed by atoms with Gasteiger partial charge in [0.15, 0.2) is 0 Å².